The number of fused-ring (bicyclic) bond motifs is 1. The fraction of sp³-hybridized carbons (Fsp3) is 0.586. The number of rotatable bonds is 6. The van der Waals surface area contributed by atoms with Gasteiger partial charge in [0.05, 0.1) is 30.5 Å². The van der Waals surface area contributed by atoms with E-state index in [4.69, 9.17) is 14.2 Å². The average molecular weight is 550 g/mol. The van der Waals surface area contributed by atoms with Gasteiger partial charge in [0.25, 0.3) is 0 Å². The molecule has 11 heteroatoms. The maximum Gasteiger partial charge on any atom is 0.410 e. The van der Waals surface area contributed by atoms with Crippen molar-refractivity contribution in [3.8, 4) is 17.1 Å². The summed E-state index contributed by atoms with van der Waals surface area (Å²) >= 11 is 0. The van der Waals surface area contributed by atoms with E-state index in [-0.39, 0.29) is 17.8 Å². The van der Waals surface area contributed by atoms with Gasteiger partial charge in [-0.05, 0) is 58.7 Å². The van der Waals surface area contributed by atoms with Crippen molar-refractivity contribution in [3.05, 3.63) is 30.6 Å². The highest BCUT2D eigenvalue weighted by molar-refractivity contribution is 5.93. The van der Waals surface area contributed by atoms with Crippen molar-refractivity contribution in [2.24, 2.45) is 0 Å². The molecule has 0 bridgehead atoms. The minimum atomic E-state index is -0.502. The fourth-order valence-corrected chi connectivity index (χ4v) is 5.23. The second-order valence-corrected chi connectivity index (χ2v) is 12.3. The molecule has 3 aliphatic rings. The Morgan fingerprint density at radius 3 is 2.67 bits per heavy atom. The molecule has 11 nitrogen and oxygen atoms in total. The summed E-state index contributed by atoms with van der Waals surface area (Å²) in [5, 5.41) is 8.69. The first-order chi connectivity index (χ1) is 19.1. The Morgan fingerprint density at radius 1 is 1.12 bits per heavy atom. The van der Waals surface area contributed by atoms with Gasteiger partial charge < -0.3 is 24.0 Å². The predicted octanol–water partition coefficient (Wildman–Crippen LogP) is 3.71. The topological polar surface area (TPSA) is 109 Å². The number of morpholine rings is 1. The van der Waals surface area contributed by atoms with Crippen molar-refractivity contribution in [2.45, 2.75) is 57.8 Å². The summed E-state index contributed by atoms with van der Waals surface area (Å²) in [6, 6.07) is 8.07. The van der Waals surface area contributed by atoms with Crippen LogP contribution < -0.4 is 9.64 Å². The summed E-state index contributed by atoms with van der Waals surface area (Å²) in [7, 11) is 0. The van der Waals surface area contributed by atoms with E-state index in [2.05, 4.69) is 43.0 Å². The van der Waals surface area contributed by atoms with Crippen LogP contribution in [0.5, 0.6) is 5.75 Å². The van der Waals surface area contributed by atoms with Crippen LogP contribution in [0.15, 0.2) is 30.6 Å². The van der Waals surface area contributed by atoms with Gasteiger partial charge in [0.2, 0.25) is 0 Å². The largest absolute Gasteiger partial charge is 0.488 e. The van der Waals surface area contributed by atoms with Crippen LogP contribution in [0.25, 0.3) is 22.3 Å². The lowest BCUT2D eigenvalue weighted by atomic mass is 10.1. The van der Waals surface area contributed by atoms with E-state index in [1.54, 1.807) is 11.2 Å². The minimum Gasteiger partial charge on any atom is -0.488 e. The van der Waals surface area contributed by atoms with E-state index in [1.807, 2.05) is 39.0 Å². The summed E-state index contributed by atoms with van der Waals surface area (Å²) < 4.78 is 17.7. The van der Waals surface area contributed by atoms with Crippen LogP contribution in [0.3, 0.4) is 0 Å². The van der Waals surface area contributed by atoms with Gasteiger partial charge in [-0.25, -0.2) is 14.8 Å². The monoisotopic (exact) mass is 549 g/mol. The lowest BCUT2D eigenvalue weighted by Crippen LogP contribution is -2.54. The molecule has 2 aromatic heterocycles. The minimum absolute atomic E-state index is 0.0252. The normalized spacial score (nSPS) is 21.4. The highest BCUT2D eigenvalue weighted by Crippen LogP contribution is 2.40. The van der Waals surface area contributed by atoms with Crippen LogP contribution in [0.2, 0.25) is 0 Å². The number of hydrogen-bond acceptors (Lipinski definition) is 9. The Labute approximate surface area is 234 Å². The predicted molar refractivity (Wildman–Crippen MR) is 152 cm³/mol. The molecule has 0 radical (unpaired) electrons. The number of nitrogens with one attached hydrogen (secondary N) is 1. The molecule has 6 rings (SSSR count). The van der Waals surface area contributed by atoms with Crippen LogP contribution in [-0.4, -0.2) is 106 Å². The van der Waals surface area contributed by atoms with Crippen LogP contribution >= 0.6 is 0 Å². The van der Waals surface area contributed by atoms with E-state index in [9.17, 15) is 4.79 Å². The van der Waals surface area contributed by atoms with Gasteiger partial charge in [-0.1, -0.05) is 0 Å². The summed E-state index contributed by atoms with van der Waals surface area (Å²) in [5.41, 5.74) is 1.99. The third-order valence-electron chi connectivity index (χ3n) is 7.70. The molecule has 1 aromatic carbocycles. The number of hydrogen-bond donors (Lipinski definition) is 1. The van der Waals surface area contributed by atoms with Crippen molar-refractivity contribution in [1.82, 2.24) is 30.0 Å². The number of amides is 1. The fourth-order valence-electron chi connectivity index (χ4n) is 5.23. The van der Waals surface area contributed by atoms with Crippen molar-refractivity contribution >= 4 is 22.8 Å². The SMILES string of the molecule is CC(C)(C)OC(=O)N1CCO[C@@H](CN2CCN(c3cc(-c4n[nH]c5ccc(OC6(C)CC6)cc45)ncn3)CC2)C1. The maximum absolute atomic E-state index is 12.5. The van der Waals surface area contributed by atoms with Crippen LogP contribution in [0, 0.1) is 0 Å². The first-order valence-corrected chi connectivity index (χ1v) is 14.2. The van der Waals surface area contributed by atoms with Crippen molar-refractivity contribution in [2.75, 3.05) is 57.3 Å². The molecule has 1 saturated carbocycles. The van der Waals surface area contributed by atoms with Crippen LogP contribution in [-0.2, 0) is 9.47 Å². The zero-order chi connectivity index (χ0) is 27.9. The quantitative estimate of drug-likeness (QED) is 0.492. The van der Waals surface area contributed by atoms with Gasteiger partial charge >= 0.3 is 6.09 Å². The van der Waals surface area contributed by atoms with Gasteiger partial charge in [-0.3, -0.25) is 10.00 Å². The molecule has 2 saturated heterocycles. The Bertz CT molecular complexity index is 1360. The molecule has 3 fully saturated rings. The second-order valence-electron chi connectivity index (χ2n) is 12.3. The number of benzene rings is 1. The summed E-state index contributed by atoms with van der Waals surface area (Å²) in [5.74, 6) is 1.75. The Morgan fingerprint density at radius 2 is 1.93 bits per heavy atom. The van der Waals surface area contributed by atoms with E-state index in [0.717, 1.165) is 79.4 Å². The Kier molecular flexibility index (Phi) is 7.03. The molecule has 1 amide bonds. The van der Waals surface area contributed by atoms with Crippen molar-refractivity contribution < 1.29 is 19.0 Å². The molecule has 2 aliphatic heterocycles. The Balaban J connectivity index is 1.07. The number of H-pyrrole nitrogens is 1. The smallest absolute Gasteiger partial charge is 0.410 e. The van der Waals surface area contributed by atoms with Crippen molar-refractivity contribution in [1.29, 1.82) is 0 Å². The van der Waals surface area contributed by atoms with Gasteiger partial charge in [0, 0.05) is 50.7 Å². The number of ether oxygens (including phenoxy) is 3. The maximum atomic E-state index is 12.5. The molecule has 1 aliphatic carbocycles. The third-order valence-corrected chi connectivity index (χ3v) is 7.70. The number of carbonyl (C=O) groups excluding carboxylic acids is 1. The first kappa shape index (κ1) is 26.8. The average Bonchev–Trinajstić information content (AvgIpc) is 3.50. The number of carbonyl (C=O) groups is 1. The lowest BCUT2D eigenvalue weighted by molar-refractivity contribution is -0.0526. The molecule has 214 valence electrons. The van der Waals surface area contributed by atoms with Gasteiger partial charge in [-0.2, -0.15) is 5.10 Å². The molecule has 0 unspecified atom stereocenters. The molecule has 40 heavy (non-hydrogen) atoms. The van der Waals surface area contributed by atoms with E-state index >= 15 is 0 Å². The molecular weight excluding hydrogens is 510 g/mol. The summed E-state index contributed by atoms with van der Waals surface area (Å²) in [6.45, 7) is 13.7. The molecular formula is C29H39N7O4. The first-order valence-electron chi connectivity index (χ1n) is 14.2. The lowest BCUT2D eigenvalue weighted by Gasteiger charge is -2.39. The van der Waals surface area contributed by atoms with E-state index < -0.39 is 5.60 Å². The molecule has 4 heterocycles. The van der Waals surface area contributed by atoms with Gasteiger partial charge in [0.15, 0.2) is 0 Å². The van der Waals surface area contributed by atoms with Gasteiger partial charge in [-0.15, -0.1) is 0 Å². The van der Waals surface area contributed by atoms with E-state index in [0.29, 0.717) is 19.7 Å². The highest BCUT2D eigenvalue weighted by atomic mass is 16.6. The number of aromatic amines is 1. The van der Waals surface area contributed by atoms with Crippen molar-refractivity contribution in [3.63, 3.8) is 0 Å². The Hall–Kier alpha value is -3.44. The third kappa shape index (κ3) is 6.15. The second kappa shape index (κ2) is 10.5. The highest BCUT2D eigenvalue weighted by Gasteiger charge is 2.40. The summed E-state index contributed by atoms with van der Waals surface area (Å²) in [6.07, 6.45) is 3.50. The number of anilines is 1. The standard InChI is InChI=1S/C29H39N7O4/c1-28(2,3)40-27(37)36-13-14-38-21(18-36)17-34-9-11-35(12-10-34)25-16-24(30-19-31-25)26-22-15-20(39-29(4)7-8-29)5-6-23(22)32-33-26/h5-6,15-16,19,21H,7-14,17-18H2,1-4H3,(H,32,33)/t21-/m0/s1. The zero-order valence-electron chi connectivity index (χ0n) is 23.9. The van der Waals surface area contributed by atoms with Crippen LogP contribution in [0.1, 0.15) is 40.5 Å². The van der Waals surface area contributed by atoms with E-state index in [1.165, 1.54) is 0 Å². The van der Waals surface area contributed by atoms with Gasteiger partial charge in [0.1, 0.15) is 34.8 Å². The molecule has 1 N–H and O–H groups in total. The molecule has 0 spiro atoms. The summed E-state index contributed by atoms with van der Waals surface area (Å²) in [4.78, 5) is 28.1. The number of piperazine rings is 1. The zero-order valence-corrected chi connectivity index (χ0v) is 23.9. The number of aromatic nitrogens is 4. The molecule has 1 atom stereocenters. The van der Waals surface area contributed by atoms with Crippen LogP contribution in [0.4, 0.5) is 10.6 Å². The number of nitrogens with zero attached hydrogens (tertiary/aromatic N) is 6. The molecule has 3 aromatic rings.